The van der Waals surface area contributed by atoms with Gasteiger partial charge < -0.3 is 10.2 Å². The predicted molar refractivity (Wildman–Crippen MR) is 96.2 cm³/mol. The first kappa shape index (κ1) is 19.4. The van der Waals surface area contributed by atoms with Crippen LogP contribution in [-0.2, 0) is 16.1 Å². The van der Waals surface area contributed by atoms with Crippen molar-refractivity contribution < 1.29 is 14.0 Å². The van der Waals surface area contributed by atoms with Gasteiger partial charge >= 0.3 is 0 Å². The summed E-state index contributed by atoms with van der Waals surface area (Å²) in [4.78, 5) is 26.6. The Hall–Kier alpha value is -1.91. The first-order valence-corrected chi connectivity index (χ1v) is 9.28. The molecule has 0 bridgehead atoms. The van der Waals surface area contributed by atoms with Crippen molar-refractivity contribution in [1.29, 1.82) is 0 Å². The number of hydrogen-bond acceptors (Lipinski definition) is 2. The minimum absolute atomic E-state index is 0.0227. The monoisotopic (exact) mass is 348 g/mol. The maximum absolute atomic E-state index is 12.9. The van der Waals surface area contributed by atoms with E-state index in [-0.39, 0.29) is 29.5 Å². The van der Waals surface area contributed by atoms with E-state index in [0.29, 0.717) is 6.54 Å². The first-order chi connectivity index (χ1) is 12.0. The summed E-state index contributed by atoms with van der Waals surface area (Å²) in [6.07, 6.45) is 5.19. The SMILES string of the molecule is CCCCN(C)C(=O)C1CCC(C(=O)NCc2ccc(F)cc2)CC1. The third-order valence-electron chi connectivity index (χ3n) is 5.05. The van der Waals surface area contributed by atoms with Crippen LogP contribution in [0.2, 0.25) is 0 Å². The molecule has 0 atom stereocenters. The molecule has 0 unspecified atom stereocenters. The van der Waals surface area contributed by atoms with Crippen LogP contribution in [0.5, 0.6) is 0 Å². The van der Waals surface area contributed by atoms with Crippen molar-refractivity contribution in [1.82, 2.24) is 10.2 Å². The molecule has 0 aliphatic heterocycles. The van der Waals surface area contributed by atoms with Gasteiger partial charge in [0.2, 0.25) is 11.8 Å². The molecule has 0 heterocycles. The average molecular weight is 348 g/mol. The van der Waals surface area contributed by atoms with Gasteiger partial charge in [0, 0.05) is 32.0 Å². The molecule has 5 heteroatoms. The van der Waals surface area contributed by atoms with E-state index in [4.69, 9.17) is 0 Å². The zero-order valence-corrected chi connectivity index (χ0v) is 15.3. The predicted octanol–water partition coefficient (Wildman–Crippen LogP) is 3.51. The second-order valence-corrected chi connectivity index (χ2v) is 7.01. The van der Waals surface area contributed by atoms with Crippen LogP contribution in [0.1, 0.15) is 51.0 Å². The minimum Gasteiger partial charge on any atom is -0.352 e. The van der Waals surface area contributed by atoms with Crippen molar-refractivity contribution in [2.24, 2.45) is 11.8 Å². The molecule has 0 saturated heterocycles. The van der Waals surface area contributed by atoms with Gasteiger partial charge in [-0.15, -0.1) is 0 Å². The lowest BCUT2D eigenvalue weighted by atomic mass is 9.81. The highest BCUT2D eigenvalue weighted by molar-refractivity contribution is 5.81. The number of nitrogens with zero attached hydrogens (tertiary/aromatic N) is 1. The Kier molecular flexibility index (Phi) is 7.41. The summed E-state index contributed by atoms with van der Waals surface area (Å²) in [6, 6.07) is 6.15. The Balaban J connectivity index is 1.74. The summed E-state index contributed by atoms with van der Waals surface area (Å²) in [6.45, 7) is 3.35. The molecule has 1 aromatic carbocycles. The fourth-order valence-corrected chi connectivity index (χ4v) is 3.36. The number of hydrogen-bond donors (Lipinski definition) is 1. The van der Waals surface area contributed by atoms with E-state index in [1.165, 1.54) is 12.1 Å². The van der Waals surface area contributed by atoms with Crippen LogP contribution in [0.25, 0.3) is 0 Å². The Morgan fingerprint density at radius 2 is 1.72 bits per heavy atom. The molecule has 1 fully saturated rings. The number of benzene rings is 1. The summed E-state index contributed by atoms with van der Waals surface area (Å²) in [7, 11) is 1.87. The van der Waals surface area contributed by atoms with E-state index < -0.39 is 0 Å². The lowest BCUT2D eigenvalue weighted by Gasteiger charge is -2.30. The van der Waals surface area contributed by atoms with Gasteiger partial charge in [-0.2, -0.15) is 0 Å². The van der Waals surface area contributed by atoms with Gasteiger partial charge in [-0.3, -0.25) is 9.59 Å². The molecule has 1 N–H and O–H groups in total. The van der Waals surface area contributed by atoms with Crippen molar-refractivity contribution in [2.75, 3.05) is 13.6 Å². The molecule has 0 aromatic heterocycles. The molecule has 1 saturated carbocycles. The summed E-state index contributed by atoms with van der Waals surface area (Å²) >= 11 is 0. The summed E-state index contributed by atoms with van der Waals surface area (Å²) in [5, 5.41) is 2.93. The number of rotatable bonds is 7. The third-order valence-corrected chi connectivity index (χ3v) is 5.05. The van der Waals surface area contributed by atoms with E-state index in [2.05, 4.69) is 12.2 Å². The largest absolute Gasteiger partial charge is 0.352 e. The Morgan fingerprint density at radius 1 is 1.12 bits per heavy atom. The topological polar surface area (TPSA) is 49.4 Å². The second-order valence-electron chi connectivity index (χ2n) is 7.01. The van der Waals surface area contributed by atoms with Crippen molar-refractivity contribution in [3.8, 4) is 0 Å². The highest BCUT2D eigenvalue weighted by Gasteiger charge is 2.31. The second kappa shape index (κ2) is 9.54. The molecular weight excluding hydrogens is 319 g/mol. The van der Waals surface area contributed by atoms with Crippen LogP contribution in [0.15, 0.2) is 24.3 Å². The zero-order valence-electron chi connectivity index (χ0n) is 15.3. The molecule has 25 heavy (non-hydrogen) atoms. The molecule has 138 valence electrons. The highest BCUT2D eigenvalue weighted by atomic mass is 19.1. The fourth-order valence-electron chi connectivity index (χ4n) is 3.36. The van der Waals surface area contributed by atoms with Gasteiger partial charge in [0.1, 0.15) is 5.82 Å². The Bertz CT molecular complexity index is 566. The summed E-state index contributed by atoms with van der Waals surface area (Å²) < 4.78 is 12.9. The maximum Gasteiger partial charge on any atom is 0.225 e. The number of carbonyl (C=O) groups is 2. The van der Waals surface area contributed by atoms with Gasteiger partial charge in [0.15, 0.2) is 0 Å². The lowest BCUT2D eigenvalue weighted by molar-refractivity contribution is -0.137. The normalized spacial score (nSPS) is 20.1. The molecule has 2 rings (SSSR count). The van der Waals surface area contributed by atoms with Crippen LogP contribution < -0.4 is 5.32 Å². The molecule has 0 radical (unpaired) electrons. The quantitative estimate of drug-likeness (QED) is 0.820. The number of amides is 2. The van der Waals surface area contributed by atoms with Gasteiger partial charge in [-0.1, -0.05) is 25.5 Å². The van der Waals surface area contributed by atoms with Crippen molar-refractivity contribution in [3.05, 3.63) is 35.6 Å². The standard InChI is InChI=1S/C20H29FN2O2/c1-3-4-13-23(2)20(25)17-9-7-16(8-10-17)19(24)22-14-15-5-11-18(21)12-6-15/h5-6,11-12,16-17H,3-4,7-10,13-14H2,1-2H3,(H,22,24). The van der Waals surface area contributed by atoms with Crippen molar-refractivity contribution >= 4 is 11.8 Å². The van der Waals surface area contributed by atoms with Gasteiger partial charge in [0.05, 0.1) is 0 Å². The van der Waals surface area contributed by atoms with Crippen LogP contribution in [-0.4, -0.2) is 30.3 Å². The average Bonchev–Trinajstić information content (AvgIpc) is 2.65. The zero-order chi connectivity index (χ0) is 18.2. The van der Waals surface area contributed by atoms with Crippen LogP contribution in [0.4, 0.5) is 4.39 Å². The first-order valence-electron chi connectivity index (χ1n) is 9.28. The Morgan fingerprint density at radius 3 is 2.32 bits per heavy atom. The smallest absolute Gasteiger partial charge is 0.225 e. The van der Waals surface area contributed by atoms with E-state index in [1.807, 2.05) is 11.9 Å². The Labute approximate surface area is 149 Å². The lowest BCUT2D eigenvalue weighted by Crippen LogP contribution is -2.38. The molecule has 0 spiro atoms. The minimum atomic E-state index is -0.276. The van der Waals surface area contributed by atoms with Gasteiger partial charge in [0.25, 0.3) is 0 Å². The summed E-state index contributed by atoms with van der Waals surface area (Å²) in [5.74, 6) is 0.0172. The van der Waals surface area contributed by atoms with E-state index >= 15 is 0 Å². The van der Waals surface area contributed by atoms with E-state index in [0.717, 1.165) is 50.6 Å². The number of nitrogens with one attached hydrogen (secondary N) is 1. The molecule has 1 aliphatic rings. The van der Waals surface area contributed by atoms with Crippen LogP contribution >= 0.6 is 0 Å². The van der Waals surface area contributed by atoms with Crippen LogP contribution in [0, 0.1) is 17.7 Å². The van der Waals surface area contributed by atoms with Crippen molar-refractivity contribution in [2.45, 2.75) is 52.0 Å². The van der Waals surface area contributed by atoms with E-state index in [1.54, 1.807) is 12.1 Å². The molecule has 1 aromatic rings. The number of unbranched alkanes of at least 4 members (excludes halogenated alkanes) is 1. The molecule has 4 nitrogen and oxygen atoms in total. The van der Waals surface area contributed by atoms with E-state index in [9.17, 15) is 14.0 Å². The maximum atomic E-state index is 12.9. The fraction of sp³-hybridized carbons (Fsp3) is 0.600. The molecule has 1 aliphatic carbocycles. The van der Waals surface area contributed by atoms with Crippen molar-refractivity contribution in [3.63, 3.8) is 0 Å². The number of carbonyl (C=O) groups excluding carboxylic acids is 2. The summed E-state index contributed by atoms with van der Waals surface area (Å²) in [5.41, 5.74) is 0.885. The highest BCUT2D eigenvalue weighted by Crippen LogP contribution is 2.30. The number of halogens is 1. The van der Waals surface area contributed by atoms with Gasteiger partial charge in [-0.25, -0.2) is 4.39 Å². The van der Waals surface area contributed by atoms with Crippen LogP contribution in [0.3, 0.4) is 0 Å². The molecular formula is C20H29FN2O2. The molecule has 2 amide bonds. The third kappa shape index (κ3) is 5.83. The van der Waals surface area contributed by atoms with Gasteiger partial charge in [-0.05, 0) is 49.8 Å².